The lowest BCUT2D eigenvalue weighted by Crippen LogP contribution is -2.44. The van der Waals surface area contributed by atoms with E-state index in [0.29, 0.717) is 31.4 Å². The van der Waals surface area contributed by atoms with E-state index in [4.69, 9.17) is 20.8 Å². The number of anilines is 1. The monoisotopic (exact) mass is 526 g/mol. The number of likely N-dealkylation sites (N-methyl/N-ethyl adjacent to an activating group) is 1. The van der Waals surface area contributed by atoms with Crippen molar-refractivity contribution in [3.63, 3.8) is 0 Å². The van der Waals surface area contributed by atoms with Gasteiger partial charge < -0.3 is 19.0 Å². The van der Waals surface area contributed by atoms with Crippen LogP contribution in [0.1, 0.15) is 31.2 Å². The van der Waals surface area contributed by atoms with Gasteiger partial charge in [0.25, 0.3) is 5.56 Å². The van der Waals surface area contributed by atoms with Crippen molar-refractivity contribution in [1.82, 2.24) is 9.47 Å². The summed E-state index contributed by atoms with van der Waals surface area (Å²) in [6.45, 7) is 7.47. The average Bonchev–Trinajstić information content (AvgIpc) is 3.44. The number of piperazine rings is 1. The third kappa shape index (κ3) is 4.66. The molecular weight excluding hydrogens is 500 g/mol. The summed E-state index contributed by atoms with van der Waals surface area (Å²) >= 11 is 7.38. The lowest BCUT2D eigenvalue weighted by atomic mass is 9.96. The van der Waals surface area contributed by atoms with E-state index in [0.717, 1.165) is 37.6 Å². The fraction of sp³-hybridized carbons (Fsp3) is 0.346. The second kappa shape index (κ2) is 10.1. The first-order valence-electron chi connectivity index (χ1n) is 11.8. The van der Waals surface area contributed by atoms with E-state index < -0.39 is 12.0 Å². The predicted molar refractivity (Wildman–Crippen MR) is 140 cm³/mol. The number of rotatable bonds is 5. The Labute approximate surface area is 217 Å². The van der Waals surface area contributed by atoms with Gasteiger partial charge in [0.15, 0.2) is 10.7 Å². The minimum Gasteiger partial charge on any atom is -0.463 e. The Morgan fingerprint density at radius 2 is 1.92 bits per heavy atom. The first-order chi connectivity index (χ1) is 17.4. The number of benzene rings is 1. The lowest BCUT2D eigenvalue weighted by molar-refractivity contribution is -0.139. The van der Waals surface area contributed by atoms with E-state index in [-0.39, 0.29) is 12.2 Å². The van der Waals surface area contributed by atoms with Gasteiger partial charge in [-0.15, -0.1) is 0 Å². The first-order valence-corrected chi connectivity index (χ1v) is 13.0. The molecule has 0 spiro atoms. The Morgan fingerprint density at radius 1 is 1.19 bits per heavy atom. The quantitative estimate of drug-likeness (QED) is 0.476. The number of fused-ring (bicyclic) bond motifs is 1. The van der Waals surface area contributed by atoms with Gasteiger partial charge in [-0.3, -0.25) is 9.36 Å². The fourth-order valence-corrected chi connectivity index (χ4v) is 5.65. The first kappa shape index (κ1) is 24.5. The summed E-state index contributed by atoms with van der Waals surface area (Å²) in [6, 6.07) is 10.3. The summed E-state index contributed by atoms with van der Waals surface area (Å²) in [4.78, 5) is 36.2. The molecule has 4 heterocycles. The molecule has 1 aromatic carbocycles. The van der Waals surface area contributed by atoms with Crippen LogP contribution in [0.15, 0.2) is 61.9 Å². The van der Waals surface area contributed by atoms with Crippen LogP contribution in [-0.2, 0) is 9.53 Å². The number of allylic oxidation sites excluding steroid dienone is 1. The molecule has 1 atom stereocenters. The van der Waals surface area contributed by atoms with Crippen LogP contribution >= 0.6 is 22.9 Å². The van der Waals surface area contributed by atoms with Crippen LogP contribution in [0.5, 0.6) is 0 Å². The Morgan fingerprint density at radius 3 is 2.61 bits per heavy atom. The van der Waals surface area contributed by atoms with Crippen molar-refractivity contribution in [2.45, 2.75) is 19.9 Å². The van der Waals surface area contributed by atoms with Gasteiger partial charge in [0, 0.05) is 43.3 Å². The normalized spacial score (nSPS) is 18.8. The van der Waals surface area contributed by atoms with Crippen LogP contribution < -0.4 is 19.8 Å². The second-order valence-electron chi connectivity index (χ2n) is 8.82. The number of thiazole rings is 1. The van der Waals surface area contributed by atoms with Crippen LogP contribution in [0.4, 0.5) is 5.88 Å². The molecule has 3 aromatic rings. The fourth-order valence-electron chi connectivity index (χ4n) is 4.50. The number of aromatic nitrogens is 1. The highest BCUT2D eigenvalue weighted by Gasteiger charge is 2.33. The average molecular weight is 527 g/mol. The number of carbonyl (C=O) groups is 1. The maximum Gasteiger partial charge on any atom is 0.338 e. The Kier molecular flexibility index (Phi) is 6.87. The zero-order valence-corrected chi connectivity index (χ0v) is 21.9. The van der Waals surface area contributed by atoms with Gasteiger partial charge in [-0.05, 0) is 44.7 Å². The highest BCUT2D eigenvalue weighted by molar-refractivity contribution is 7.07. The molecule has 188 valence electrons. The number of hydrogen-bond acceptors (Lipinski definition) is 8. The molecule has 1 unspecified atom stereocenters. The molecule has 2 aliphatic rings. The third-order valence-electron chi connectivity index (χ3n) is 6.40. The zero-order chi connectivity index (χ0) is 25.4. The van der Waals surface area contributed by atoms with E-state index in [1.165, 1.54) is 11.3 Å². The predicted octanol–water partition coefficient (Wildman–Crippen LogP) is 2.80. The molecule has 2 aromatic heterocycles. The van der Waals surface area contributed by atoms with Crippen LogP contribution in [0.25, 0.3) is 6.08 Å². The standard InChI is InChI=1S/C26H27ClN4O4S/c1-4-34-25(33)22-16(2)28-26-31(23(22)17-5-7-18(27)8-6-17)24(32)20(36-26)15-19-9-10-21(35-19)30-13-11-29(3)12-14-30/h5-10,15,23H,4,11-14H2,1-3H3/b20-15+. The molecule has 0 bridgehead atoms. The molecular formula is C26H27ClN4O4S. The van der Waals surface area contributed by atoms with Crippen molar-refractivity contribution in [2.75, 3.05) is 44.7 Å². The van der Waals surface area contributed by atoms with Crippen LogP contribution in [-0.4, -0.2) is 55.3 Å². The number of hydrogen-bond donors (Lipinski definition) is 0. The van der Waals surface area contributed by atoms with E-state index in [2.05, 4.69) is 21.8 Å². The Balaban J connectivity index is 1.58. The zero-order valence-electron chi connectivity index (χ0n) is 20.4. The smallest absolute Gasteiger partial charge is 0.338 e. The summed E-state index contributed by atoms with van der Waals surface area (Å²) in [7, 11) is 2.11. The minimum atomic E-state index is -0.669. The highest BCUT2D eigenvalue weighted by atomic mass is 35.5. The molecule has 8 nitrogen and oxygen atoms in total. The molecule has 0 amide bonds. The maximum atomic E-state index is 13.7. The molecule has 0 radical (unpaired) electrons. The topological polar surface area (TPSA) is 80.3 Å². The highest BCUT2D eigenvalue weighted by Crippen LogP contribution is 2.31. The lowest BCUT2D eigenvalue weighted by Gasteiger charge is -2.32. The summed E-state index contributed by atoms with van der Waals surface area (Å²) in [5.41, 5.74) is 1.37. The summed E-state index contributed by atoms with van der Waals surface area (Å²) in [5, 5.41) is 0.568. The van der Waals surface area contributed by atoms with Gasteiger partial charge in [-0.1, -0.05) is 35.1 Å². The van der Waals surface area contributed by atoms with Gasteiger partial charge in [0.1, 0.15) is 5.76 Å². The molecule has 36 heavy (non-hydrogen) atoms. The van der Waals surface area contributed by atoms with Crippen molar-refractivity contribution in [3.05, 3.63) is 83.7 Å². The Hall–Kier alpha value is -3.14. The third-order valence-corrected chi connectivity index (χ3v) is 7.64. The number of carbonyl (C=O) groups excluding carboxylic acids is 1. The molecule has 0 N–H and O–H groups in total. The molecule has 5 rings (SSSR count). The maximum absolute atomic E-state index is 13.7. The van der Waals surface area contributed by atoms with Crippen LogP contribution in [0.3, 0.4) is 0 Å². The number of furan rings is 1. The summed E-state index contributed by atoms with van der Waals surface area (Å²) < 4.78 is 13.4. The second-order valence-corrected chi connectivity index (χ2v) is 10.3. The molecule has 10 heteroatoms. The minimum absolute atomic E-state index is 0.224. The number of ether oxygens (including phenoxy) is 1. The number of halogens is 1. The summed E-state index contributed by atoms with van der Waals surface area (Å²) in [6.07, 6.45) is 1.74. The van der Waals surface area contributed by atoms with Crippen molar-refractivity contribution >= 4 is 40.9 Å². The van der Waals surface area contributed by atoms with Crippen LogP contribution in [0.2, 0.25) is 5.02 Å². The van der Waals surface area contributed by atoms with Crippen molar-refractivity contribution in [1.29, 1.82) is 0 Å². The molecule has 2 aliphatic heterocycles. The van der Waals surface area contributed by atoms with Gasteiger partial charge in [-0.25, -0.2) is 9.79 Å². The molecule has 1 fully saturated rings. The number of esters is 1. The van der Waals surface area contributed by atoms with Gasteiger partial charge in [0.05, 0.1) is 28.5 Å². The van der Waals surface area contributed by atoms with E-state index >= 15 is 0 Å². The van der Waals surface area contributed by atoms with E-state index in [9.17, 15) is 9.59 Å². The number of nitrogens with zero attached hydrogens (tertiary/aromatic N) is 4. The SMILES string of the molecule is CCOC(=O)C1=C(C)N=c2s/c(=C/c3ccc(N4CCN(C)CC4)o3)c(=O)n2C1c1ccc(Cl)cc1. The van der Waals surface area contributed by atoms with Gasteiger partial charge in [0.2, 0.25) is 0 Å². The van der Waals surface area contributed by atoms with E-state index in [1.807, 2.05) is 24.3 Å². The largest absolute Gasteiger partial charge is 0.463 e. The van der Waals surface area contributed by atoms with Gasteiger partial charge in [-0.2, -0.15) is 0 Å². The van der Waals surface area contributed by atoms with E-state index in [1.54, 1.807) is 36.6 Å². The molecule has 0 aliphatic carbocycles. The van der Waals surface area contributed by atoms with Crippen LogP contribution in [0, 0.1) is 0 Å². The van der Waals surface area contributed by atoms with Crippen molar-refractivity contribution in [2.24, 2.45) is 4.99 Å². The summed E-state index contributed by atoms with van der Waals surface area (Å²) in [5.74, 6) is 0.899. The molecule has 0 saturated carbocycles. The van der Waals surface area contributed by atoms with Gasteiger partial charge >= 0.3 is 5.97 Å². The van der Waals surface area contributed by atoms with Crippen molar-refractivity contribution in [3.8, 4) is 0 Å². The van der Waals surface area contributed by atoms with Crippen molar-refractivity contribution < 1.29 is 13.9 Å². The molecule has 1 saturated heterocycles. The Bertz CT molecular complexity index is 1490.